The number of hydrogen-bond donors (Lipinski definition) is 0. The summed E-state index contributed by atoms with van der Waals surface area (Å²) in [7, 11) is 0. The minimum atomic E-state index is -0.418. The van der Waals surface area contributed by atoms with Gasteiger partial charge < -0.3 is 9.47 Å². The highest BCUT2D eigenvalue weighted by Crippen LogP contribution is 2.28. The van der Waals surface area contributed by atoms with Gasteiger partial charge in [-0.2, -0.15) is 0 Å². The van der Waals surface area contributed by atoms with Crippen LogP contribution in [0.4, 0.5) is 0 Å². The smallest absolute Gasteiger partial charge is 0.355 e. The van der Waals surface area contributed by atoms with Crippen LogP contribution in [-0.4, -0.2) is 34.5 Å². The number of hydrogen-bond acceptors (Lipinski definition) is 6. The molecule has 0 aliphatic heterocycles. The van der Waals surface area contributed by atoms with Crippen molar-refractivity contribution in [2.45, 2.75) is 13.8 Å². The van der Waals surface area contributed by atoms with Gasteiger partial charge in [0.15, 0.2) is 0 Å². The predicted molar refractivity (Wildman–Crippen MR) is 82.5 cm³/mol. The monoisotopic (exact) mass is 318 g/mol. The van der Waals surface area contributed by atoms with Gasteiger partial charge in [0.2, 0.25) is 0 Å². The lowest BCUT2D eigenvalue weighted by Gasteiger charge is -2.04. The average Bonchev–Trinajstić information content (AvgIpc) is 3.04. The zero-order chi connectivity index (χ0) is 15.7. The summed E-state index contributed by atoms with van der Waals surface area (Å²) in [6, 6.07) is 6.92. The van der Waals surface area contributed by atoms with Crippen molar-refractivity contribution in [3.8, 4) is 0 Å². The number of carbonyl (C=O) groups is 2. The van der Waals surface area contributed by atoms with Crippen LogP contribution in [0.15, 0.2) is 24.3 Å². The Kier molecular flexibility index (Phi) is 3.81. The number of carbonyl (C=O) groups excluding carboxylic acids is 2. The summed E-state index contributed by atoms with van der Waals surface area (Å²) in [6.07, 6.45) is 0. The maximum atomic E-state index is 12.1. The molecule has 0 fully saturated rings. The summed E-state index contributed by atoms with van der Waals surface area (Å²) in [6.45, 7) is 4.12. The van der Waals surface area contributed by atoms with Gasteiger partial charge in [-0.15, -0.1) is 11.3 Å². The largest absolute Gasteiger partial charge is 0.462 e. The first-order chi connectivity index (χ1) is 10.7. The fourth-order valence-corrected chi connectivity index (χ4v) is 3.21. The van der Waals surface area contributed by atoms with Crippen molar-refractivity contribution in [3.63, 3.8) is 0 Å². The highest BCUT2D eigenvalue weighted by atomic mass is 32.1. The number of thiophene rings is 1. The molecule has 0 atom stereocenters. The van der Waals surface area contributed by atoms with E-state index in [1.54, 1.807) is 42.5 Å². The Bertz CT molecular complexity index is 865. The number of imidazole rings is 1. The topological polar surface area (TPSA) is 69.9 Å². The SMILES string of the molecule is CCOC(=O)c1cc2nc3cccc(C(=O)OCC)n3c2s1. The first-order valence-corrected chi connectivity index (χ1v) is 7.72. The average molecular weight is 318 g/mol. The molecule has 0 aromatic carbocycles. The number of rotatable bonds is 4. The number of nitrogens with zero attached hydrogens (tertiary/aromatic N) is 2. The summed E-state index contributed by atoms with van der Waals surface area (Å²) < 4.78 is 11.8. The third kappa shape index (κ3) is 2.33. The van der Waals surface area contributed by atoms with Crippen LogP contribution in [0, 0.1) is 0 Å². The molecule has 0 amide bonds. The Balaban J connectivity index is 2.17. The van der Waals surface area contributed by atoms with E-state index in [0.29, 0.717) is 34.9 Å². The molecule has 7 heteroatoms. The second-order valence-electron chi connectivity index (χ2n) is 4.46. The summed E-state index contributed by atoms with van der Waals surface area (Å²) in [5, 5.41) is 0. The van der Waals surface area contributed by atoms with Crippen molar-refractivity contribution in [2.75, 3.05) is 13.2 Å². The summed E-state index contributed by atoms with van der Waals surface area (Å²) >= 11 is 1.25. The molecule has 0 aliphatic rings. The van der Waals surface area contributed by atoms with Gasteiger partial charge in [0.05, 0.1) is 13.2 Å². The van der Waals surface area contributed by atoms with Crippen LogP contribution in [-0.2, 0) is 9.47 Å². The molecule has 22 heavy (non-hydrogen) atoms. The van der Waals surface area contributed by atoms with Gasteiger partial charge >= 0.3 is 11.9 Å². The van der Waals surface area contributed by atoms with Gasteiger partial charge in [-0.25, -0.2) is 14.6 Å². The second-order valence-corrected chi connectivity index (χ2v) is 5.49. The maximum absolute atomic E-state index is 12.1. The van der Waals surface area contributed by atoms with E-state index in [1.807, 2.05) is 0 Å². The lowest BCUT2D eigenvalue weighted by atomic mass is 10.3. The highest BCUT2D eigenvalue weighted by molar-refractivity contribution is 7.20. The molecule has 0 saturated carbocycles. The maximum Gasteiger partial charge on any atom is 0.355 e. The van der Waals surface area contributed by atoms with E-state index in [-0.39, 0.29) is 5.97 Å². The minimum absolute atomic E-state index is 0.297. The van der Waals surface area contributed by atoms with E-state index in [2.05, 4.69) is 4.98 Å². The number of fused-ring (bicyclic) bond motifs is 3. The molecule has 0 aliphatic carbocycles. The van der Waals surface area contributed by atoms with Crippen LogP contribution in [0.2, 0.25) is 0 Å². The molecule has 0 unspecified atom stereocenters. The van der Waals surface area contributed by atoms with E-state index >= 15 is 0 Å². The molecule has 0 spiro atoms. The van der Waals surface area contributed by atoms with Crippen molar-refractivity contribution < 1.29 is 19.1 Å². The molecule has 3 aromatic heterocycles. The van der Waals surface area contributed by atoms with Crippen LogP contribution >= 0.6 is 11.3 Å². The van der Waals surface area contributed by atoms with E-state index < -0.39 is 5.97 Å². The van der Waals surface area contributed by atoms with Gasteiger partial charge in [-0.05, 0) is 32.0 Å². The van der Waals surface area contributed by atoms with Crippen molar-refractivity contribution in [3.05, 3.63) is 34.8 Å². The molecule has 3 rings (SSSR count). The molecule has 3 aromatic rings. The number of aromatic nitrogens is 2. The Hall–Kier alpha value is -2.41. The molecule has 0 bridgehead atoms. The van der Waals surface area contributed by atoms with Crippen molar-refractivity contribution in [2.24, 2.45) is 0 Å². The van der Waals surface area contributed by atoms with Crippen molar-refractivity contribution in [1.29, 1.82) is 0 Å². The first kappa shape index (κ1) is 14.5. The van der Waals surface area contributed by atoms with Crippen molar-refractivity contribution >= 4 is 39.3 Å². The predicted octanol–water partition coefficient (Wildman–Crippen LogP) is 2.90. The van der Waals surface area contributed by atoms with Gasteiger partial charge in [0, 0.05) is 0 Å². The third-order valence-electron chi connectivity index (χ3n) is 3.06. The zero-order valence-corrected chi connectivity index (χ0v) is 13.0. The molecular weight excluding hydrogens is 304 g/mol. The Morgan fingerprint density at radius 3 is 2.64 bits per heavy atom. The van der Waals surface area contributed by atoms with E-state index in [4.69, 9.17) is 9.47 Å². The standard InChI is InChI=1S/C15H14N2O4S/c1-3-20-14(18)10-6-5-7-12-16-9-8-11(15(19)21-4-2)22-13(9)17(10)12/h5-8H,3-4H2,1-2H3. The van der Waals surface area contributed by atoms with E-state index in [1.165, 1.54) is 11.3 Å². The third-order valence-corrected chi connectivity index (χ3v) is 4.15. The van der Waals surface area contributed by atoms with Gasteiger partial charge in [0.1, 0.15) is 26.6 Å². The fourth-order valence-electron chi connectivity index (χ4n) is 2.20. The lowest BCUT2D eigenvalue weighted by Crippen LogP contribution is -2.09. The number of ether oxygens (including phenoxy) is 2. The summed E-state index contributed by atoms with van der Waals surface area (Å²) in [5.41, 5.74) is 1.69. The molecule has 0 N–H and O–H groups in total. The summed E-state index contributed by atoms with van der Waals surface area (Å²) in [5.74, 6) is -0.800. The number of pyridine rings is 1. The van der Waals surface area contributed by atoms with Gasteiger partial charge in [0.25, 0.3) is 0 Å². The first-order valence-electron chi connectivity index (χ1n) is 6.91. The van der Waals surface area contributed by atoms with Crippen LogP contribution in [0.25, 0.3) is 16.0 Å². The fraction of sp³-hybridized carbons (Fsp3) is 0.267. The molecule has 6 nitrogen and oxygen atoms in total. The quantitative estimate of drug-likeness (QED) is 0.692. The minimum Gasteiger partial charge on any atom is -0.462 e. The Labute approximate surface area is 130 Å². The normalized spacial score (nSPS) is 11.0. The molecular formula is C15H14N2O4S. The lowest BCUT2D eigenvalue weighted by molar-refractivity contribution is 0.0513. The van der Waals surface area contributed by atoms with Crippen LogP contribution < -0.4 is 0 Å². The van der Waals surface area contributed by atoms with E-state index in [0.717, 1.165) is 4.83 Å². The van der Waals surface area contributed by atoms with Crippen LogP contribution in [0.5, 0.6) is 0 Å². The second kappa shape index (κ2) is 5.76. The molecule has 114 valence electrons. The molecule has 0 radical (unpaired) electrons. The van der Waals surface area contributed by atoms with Crippen molar-refractivity contribution in [1.82, 2.24) is 9.38 Å². The van der Waals surface area contributed by atoms with E-state index in [9.17, 15) is 9.59 Å². The summed E-state index contributed by atoms with van der Waals surface area (Å²) in [4.78, 5) is 29.5. The zero-order valence-electron chi connectivity index (χ0n) is 12.2. The highest BCUT2D eigenvalue weighted by Gasteiger charge is 2.19. The Morgan fingerprint density at radius 2 is 1.91 bits per heavy atom. The van der Waals surface area contributed by atoms with Crippen LogP contribution in [0.3, 0.4) is 0 Å². The molecule has 3 heterocycles. The van der Waals surface area contributed by atoms with Gasteiger partial charge in [-0.1, -0.05) is 6.07 Å². The van der Waals surface area contributed by atoms with Crippen LogP contribution in [0.1, 0.15) is 34.0 Å². The number of esters is 2. The van der Waals surface area contributed by atoms with Gasteiger partial charge in [-0.3, -0.25) is 4.40 Å². The Morgan fingerprint density at radius 1 is 1.18 bits per heavy atom. The molecule has 0 saturated heterocycles.